The molecule has 6 heteroatoms. The van der Waals surface area contributed by atoms with Crippen LogP contribution < -0.4 is 10.1 Å². The van der Waals surface area contributed by atoms with Crippen LogP contribution in [-0.2, 0) is 14.3 Å². The van der Waals surface area contributed by atoms with E-state index in [2.05, 4.69) is 12.2 Å². The van der Waals surface area contributed by atoms with Crippen molar-refractivity contribution in [1.29, 1.82) is 0 Å². The van der Waals surface area contributed by atoms with Gasteiger partial charge in [-0.3, -0.25) is 14.4 Å². The molecule has 0 saturated carbocycles. The predicted molar refractivity (Wildman–Crippen MR) is 116 cm³/mol. The Hall–Kier alpha value is -3.15. The van der Waals surface area contributed by atoms with Crippen LogP contribution in [0.2, 0.25) is 0 Å². The van der Waals surface area contributed by atoms with Crippen molar-refractivity contribution < 1.29 is 23.9 Å². The topological polar surface area (TPSA) is 81.7 Å². The highest BCUT2D eigenvalue weighted by Gasteiger charge is 2.12. The van der Waals surface area contributed by atoms with Crippen molar-refractivity contribution in [2.75, 3.05) is 18.5 Å². The minimum atomic E-state index is -0.585. The quantitative estimate of drug-likeness (QED) is 0.311. The molecule has 0 aliphatic carbocycles. The lowest BCUT2D eigenvalue weighted by Gasteiger charge is -2.08. The van der Waals surface area contributed by atoms with E-state index in [9.17, 15) is 14.4 Å². The van der Waals surface area contributed by atoms with Crippen molar-refractivity contribution in [2.45, 2.75) is 46.0 Å². The highest BCUT2D eigenvalue weighted by molar-refractivity contribution is 5.98. The number of aryl methyl sites for hydroxylation is 1. The number of hydrogen-bond acceptors (Lipinski definition) is 5. The summed E-state index contributed by atoms with van der Waals surface area (Å²) in [5.74, 6) is -0.441. The first-order valence-corrected chi connectivity index (χ1v) is 10.3. The summed E-state index contributed by atoms with van der Waals surface area (Å²) >= 11 is 0. The maximum absolute atomic E-state index is 12.2. The van der Waals surface area contributed by atoms with E-state index in [0.717, 1.165) is 30.6 Å². The zero-order valence-electron chi connectivity index (χ0n) is 17.6. The van der Waals surface area contributed by atoms with E-state index in [-0.39, 0.29) is 25.2 Å². The van der Waals surface area contributed by atoms with Gasteiger partial charge in [0.05, 0.1) is 13.0 Å². The van der Waals surface area contributed by atoms with Crippen molar-refractivity contribution in [3.05, 3.63) is 59.7 Å². The number of unbranched alkanes of at least 4 members (excludes halogenated alkanes) is 2. The molecular weight excluding hydrogens is 382 g/mol. The molecule has 2 aromatic carbocycles. The van der Waals surface area contributed by atoms with Crippen LogP contribution in [0.15, 0.2) is 48.5 Å². The molecule has 0 aromatic heterocycles. The number of ether oxygens (including phenoxy) is 2. The molecule has 1 N–H and O–H groups in total. The monoisotopic (exact) mass is 411 g/mol. The largest absolute Gasteiger partial charge is 0.494 e. The number of rotatable bonds is 12. The van der Waals surface area contributed by atoms with Gasteiger partial charge in [-0.1, -0.05) is 31.9 Å². The summed E-state index contributed by atoms with van der Waals surface area (Å²) in [5, 5.41) is 2.66. The Morgan fingerprint density at radius 2 is 1.73 bits per heavy atom. The van der Waals surface area contributed by atoms with Crippen LogP contribution in [0.1, 0.15) is 54.9 Å². The number of carbonyl (C=O) groups is 3. The first-order valence-electron chi connectivity index (χ1n) is 10.3. The zero-order valence-corrected chi connectivity index (χ0v) is 17.6. The van der Waals surface area contributed by atoms with Crippen LogP contribution in [0, 0.1) is 6.92 Å². The van der Waals surface area contributed by atoms with Crippen molar-refractivity contribution in [1.82, 2.24) is 0 Å². The number of esters is 1. The van der Waals surface area contributed by atoms with Gasteiger partial charge >= 0.3 is 5.97 Å². The molecule has 0 aliphatic rings. The Morgan fingerprint density at radius 1 is 0.967 bits per heavy atom. The van der Waals surface area contributed by atoms with Crippen molar-refractivity contribution in [3.8, 4) is 5.75 Å². The highest BCUT2D eigenvalue weighted by Crippen LogP contribution is 2.15. The van der Waals surface area contributed by atoms with Crippen LogP contribution in [0.25, 0.3) is 0 Å². The SMILES string of the molecule is CCCCCOc1ccc(C(=O)CCC(=O)OCC(=O)Nc2cccc(C)c2)cc1. The van der Waals surface area contributed by atoms with Crippen LogP contribution in [0.5, 0.6) is 5.75 Å². The molecule has 0 spiro atoms. The Balaban J connectivity index is 1.68. The summed E-state index contributed by atoms with van der Waals surface area (Å²) in [5.41, 5.74) is 2.17. The normalized spacial score (nSPS) is 10.3. The molecule has 0 radical (unpaired) electrons. The zero-order chi connectivity index (χ0) is 21.8. The molecule has 1 amide bonds. The minimum absolute atomic E-state index is 0.0229. The van der Waals surface area contributed by atoms with E-state index in [1.807, 2.05) is 25.1 Å². The summed E-state index contributed by atoms with van der Waals surface area (Å²) in [6, 6.07) is 14.2. The third-order valence-corrected chi connectivity index (χ3v) is 4.42. The van der Waals surface area contributed by atoms with E-state index in [1.165, 1.54) is 0 Å². The lowest BCUT2D eigenvalue weighted by molar-refractivity contribution is -0.147. The second kappa shape index (κ2) is 12.4. The summed E-state index contributed by atoms with van der Waals surface area (Å²) in [4.78, 5) is 35.9. The van der Waals surface area contributed by atoms with E-state index in [0.29, 0.717) is 17.9 Å². The van der Waals surface area contributed by atoms with Gasteiger partial charge < -0.3 is 14.8 Å². The number of carbonyl (C=O) groups excluding carboxylic acids is 3. The van der Waals surface area contributed by atoms with Gasteiger partial charge in [-0.15, -0.1) is 0 Å². The molecule has 160 valence electrons. The van der Waals surface area contributed by atoms with E-state index >= 15 is 0 Å². The van der Waals surface area contributed by atoms with Crippen LogP contribution in [0.3, 0.4) is 0 Å². The molecule has 0 saturated heterocycles. The fourth-order valence-electron chi connectivity index (χ4n) is 2.78. The predicted octanol–water partition coefficient (Wildman–Crippen LogP) is 4.71. The molecule has 2 rings (SSSR count). The Morgan fingerprint density at radius 3 is 2.43 bits per heavy atom. The van der Waals surface area contributed by atoms with Crippen molar-refractivity contribution in [3.63, 3.8) is 0 Å². The lowest BCUT2D eigenvalue weighted by Crippen LogP contribution is -2.21. The second-order valence-corrected chi connectivity index (χ2v) is 7.08. The number of amides is 1. The fourth-order valence-corrected chi connectivity index (χ4v) is 2.78. The second-order valence-electron chi connectivity index (χ2n) is 7.08. The Bertz CT molecular complexity index is 845. The first-order chi connectivity index (χ1) is 14.5. The summed E-state index contributed by atoms with van der Waals surface area (Å²) < 4.78 is 10.6. The molecule has 0 fully saturated rings. The van der Waals surface area contributed by atoms with Gasteiger partial charge in [0.15, 0.2) is 12.4 Å². The lowest BCUT2D eigenvalue weighted by atomic mass is 10.1. The molecule has 30 heavy (non-hydrogen) atoms. The molecular formula is C24H29NO5. The third-order valence-electron chi connectivity index (χ3n) is 4.42. The van der Waals surface area contributed by atoms with E-state index in [1.54, 1.807) is 30.3 Å². The molecule has 0 atom stereocenters. The molecule has 0 aliphatic heterocycles. The van der Waals surface area contributed by atoms with Gasteiger partial charge in [-0.05, 0) is 55.3 Å². The first kappa shape index (κ1) is 23.1. The van der Waals surface area contributed by atoms with Gasteiger partial charge in [0, 0.05) is 17.7 Å². The average Bonchev–Trinajstić information content (AvgIpc) is 2.74. The van der Waals surface area contributed by atoms with Crippen LogP contribution in [0.4, 0.5) is 5.69 Å². The number of Topliss-reactive ketones (excluding diaryl/α,β-unsaturated/α-hetero) is 1. The molecule has 0 bridgehead atoms. The van der Waals surface area contributed by atoms with Gasteiger partial charge in [0.1, 0.15) is 5.75 Å². The number of benzene rings is 2. The van der Waals surface area contributed by atoms with Gasteiger partial charge in [-0.25, -0.2) is 0 Å². The number of nitrogens with one attached hydrogen (secondary N) is 1. The summed E-state index contributed by atoms with van der Waals surface area (Å²) in [6.45, 7) is 4.33. The van der Waals surface area contributed by atoms with Gasteiger partial charge in [-0.2, -0.15) is 0 Å². The average molecular weight is 411 g/mol. The molecule has 0 heterocycles. The Kier molecular flexibility index (Phi) is 9.58. The standard InChI is InChI=1S/C24H29NO5/c1-3-4-5-15-29-21-11-9-19(10-12-21)22(26)13-14-24(28)30-17-23(27)25-20-8-6-7-18(2)16-20/h6-12,16H,3-5,13-15,17H2,1-2H3,(H,25,27). The van der Waals surface area contributed by atoms with Crippen LogP contribution in [-0.4, -0.2) is 30.9 Å². The van der Waals surface area contributed by atoms with Crippen molar-refractivity contribution in [2.24, 2.45) is 0 Å². The highest BCUT2D eigenvalue weighted by atomic mass is 16.5. The van der Waals surface area contributed by atoms with E-state index in [4.69, 9.17) is 9.47 Å². The minimum Gasteiger partial charge on any atom is -0.494 e. The Labute approximate surface area is 177 Å². The third kappa shape index (κ3) is 8.47. The van der Waals surface area contributed by atoms with E-state index < -0.39 is 11.9 Å². The molecule has 0 unspecified atom stereocenters. The van der Waals surface area contributed by atoms with Crippen molar-refractivity contribution >= 4 is 23.3 Å². The van der Waals surface area contributed by atoms with Gasteiger partial charge in [0.2, 0.25) is 0 Å². The van der Waals surface area contributed by atoms with Crippen LogP contribution >= 0.6 is 0 Å². The summed E-state index contributed by atoms with van der Waals surface area (Å²) in [6.07, 6.45) is 3.21. The van der Waals surface area contributed by atoms with Gasteiger partial charge in [0.25, 0.3) is 5.91 Å². The number of anilines is 1. The summed E-state index contributed by atoms with van der Waals surface area (Å²) in [7, 11) is 0. The maximum Gasteiger partial charge on any atom is 0.306 e. The fraction of sp³-hybridized carbons (Fsp3) is 0.375. The number of ketones is 1. The maximum atomic E-state index is 12.2. The number of hydrogen-bond donors (Lipinski definition) is 1. The molecule has 2 aromatic rings. The molecule has 6 nitrogen and oxygen atoms in total. The smallest absolute Gasteiger partial charge is 0.306 e.